The van der Waals surface area contributed by atoms with E-state index in [0.717, 1.165) is 30.8 Å². The predicted octanol–water partition coefficient (Wildman–Crippen LogP) is 3.40. The van der Waals surface area contributed by atoms with Gasteiger partial charge in [0.25, 0.3) is 0 Å². The molecule has 1 aromatic carbocycles. The van der Waals surface area contributed by atoms with Crippen molar-refractivity contribution in [3.63, 3.8) is 0 Å². The molecular weight excluding hydrogens is 254 g/mol. The molecule has 2 rings (SSSR count). The molecule has 0 aliphatic carbocycles. The molecule has 1 aliphatic rings. The van der Waals surface area contributed by atoms with Crippen LogP contribution in [0.3, 0.4) is 0 Å². The zero-order valence-electron chi connectivity index (χ0n) is 12.1. The number of hydrogen-bond donors (Lipinski definition) is 0. The minimum atomic E-state index is 0.264. The van der Waals surface area contributed by atoms with Gasteiger partial charge in [-0.05, 0) is 26.8 Å². The average Bonchev–Trinajstić information content (AvgIpc) is 2.35. The Balaban J connectivity index is 1.87. The van der Waals surface area contributed by atoms with Crippen LogP contribution in [-0.2, 0) is 0 Å². The van der Waals surface area contributed by atoms with Crippen LogP contribution in [0.1, 0.15) is 36.2 Å². The van der Waals surface area contributed by atoms with Crippen molar-refractivity contribution in [2.75, 3.05) is 25.4 Å². The van der Waals surface area contributed by atoms with E-state index < -0.39 is 0 Å². The Kier molecular flexibility index (Phi) is 4.69. The molecule has 0 spiro atoms. The van der Waals surface area contributed by atoms with Crippen molar-refractivity contribution in [2.24, 2.45) is 0 Å². The summed E-state index contributed by atoms with van der Waals surface area (Å²) in [6.45, 7) is 9.67. The highest BCUT2D eigenvalue weighted by Gasteiger charge is 2.26. The van der Waals surface area contributed by atoms with E-state index in [-0.39, 0.29) is 5.78 Å². The Hall–Kier alpha value is -0.800. The summed E-state index contributed by atoms with van der Waals surface area (Å²) in [7, 11) is 0. The number of benzene rings is 1. The van der Waals surface area contributed by atoms with Crippen LogP contribution in [-0.4, -0.2) is 40.8 Å². The highest BCUT2D eigenvalue weighted by atomic mass is 32.2. The van der Waals surface area contributed by atoms with Gasteiger partial charge >= 0.3 is 0 Å². The number of aryl methyl sites for hydroxylation is 1. The van der Waals surface area contributed by atoms with Crippen LogP contribution in [0.4, 0.5) is 0 Å². The van der Waals surface area contributed by atoms with Gasteiger partial charge < -0.3 is 4.90 Å². The number of carbonyl (C=O) groups is 1. The van der Waals surface area contributed by atoms with Crippen molar-refractivity contribution in [1.82, 2.24) is 4.90 Å². The Morgan fingerprint density at radius 3 is 2.89 bits per heavy atom. The minimum Gasteiger partial charge on any atom is -0.301 e. The predicted molar refractivity (Wildman–Crippen MR) is 83.1 cm³/mol. The van der Waals surface area contributed by atoms with Gasteiger partial charge in [-0.1, -0.05) is 23.8 Å². The molecule has 2 nitrogen and oxygen atoms in total. The van der Waals surface area contributed by atoms with Crippen LogP contribution in [0.25, 0.3) is 0 Å². The lowest BCUT2D eigenvalue weighted by molar-refractivity contribution is 0.0962. The smallest absolute Gasteiger partial charge is 0.164 e. The molecule has 0 bridgehead atoms. The fourth-order valence-electron chi connectivity index (χ4n) is 2.53. The highest BCUT2D eigenvalue weighted by molar-refractivity contribution is 8.00. The lowest BCUT2D eigenvalue weighted by Crippen LogP contribution is -2.43. The van der Waals surface area contributed by atoms with Gasteiger partial charge in [-0.2, -0.15) is 11.8 Å². The number of ketones is 1. The first kappa shape index (κ1) is 14.6. The Morgan fingerprint density at radius 2 is 2.21 bits per heavy atom. The summed E-state index contributed by atoms with van der Waals surface area (Å²) in [6, 6.07) is 7.90. The van der Waals surface area contributed by atoms with Gasteiger partial charge in [-0.15, -0.1) is 0 Å². The van der Waals surface area contributed by atoms with Gasteiger partial charge in [-0.25, -0.2) is 0 Å². The molecule has 1 fully saturated rings. The maximum absolute atomic E-state index is 12.2. The summed E-state index contributed by atoms with van der Waals surface area (Å²) in [6.07, 6.45) is 0.629. The minimum absolute atomic E-state index is 0.264. The first-order valence-corrected chi connectivity index (χ1v) is 7.91. The Bertz CT molecular complexity index is 456. The summed E-state index contributed by atoms with van der Waals surface area (Å²) < 4.78 is 0.324. The number of nitrogens with zero attached hydrogens (tertiary/aromatic N) is 1. The number of Topliss-reactive ketones (excluding diaryl/α,β-unsaturated/α-hetero) is 1. The normalized spacial score (nSPS) is 19.3. The lowest BCUT2D eigenvalue weighted by atomic mass is 10.1. The molecular formula is C16H23NOS. The number of rotatable bonds is 4. The van der Waals surface area contributed by atoms with E-state index in [4.69, 9.17) is 0 Å². The van der Waals surface area contributed by atoms with Crippen molar-refractivity contribution in [1.29, 1.82) is 0 Å². The van der Waals surface area contributed by atoms with Gasteiger partial charge in [0.1, 0.15) is 0 Å². The number of hydrogen-bond acceptors (Lipinski definition) is 3. The maximum Gasteiger partial charge on any atom is 0.164 e. The average molecular weight is 277 g/mol. The third-order valence-electron chi connectivity index (χ3n) is 3.50. The molecule has 0 radical (unpaired) electrons. The van der Waals surface area contributed by atoms with Crippen molar-refractivity contribution in [3.05, 3.63) is 35.4 Å². The molecule has 0 amide bonds. The van der Waals surface area contributed by atoms with E-state index in [2.05, 4.69) is 18.7 Å². The van der Waals surface area contributed by atoms with Crippen LogP contribution in [0.2, 0.25) is 0 Å². The van der Waals surface area contributed by atoms with Gasteiger partial charge in [-0.3, -0.25) is 4.79 Å². The zero-order chi connectivity index (χ0) is 13.9. The van der Waals surface area contributed by atoms with E-state index in [0.29, 0.717) is 11.2 Å². The second-order valence-corrected chi connectivity index (χ2v) is 7.73. The summed E-state index contributed by atoms with van der Waals surface area (Å²) in [4.78, 5) is 14.6. The maximum atomic E-state index is 12.2. The van der Waals surface area contributed by atoms with Gasteiger partial charge in [0, 0.05) is 42.1 Å². The van der Waals surface area contributed by atoms with Crippen molar-refractivity contribution in [3.8, 4) is 0 Å². The molecule has 104 valence electrons. The largest absolute Gasteiger partial charge is 0.301 e. The Morgan fingerprint density at radius 1 is 1.42 bits per heavy atom. The molecule has 1 aromatic rings. The molecule has 0 N–H and O–H groups in total. The van der Waals surface area contributed by atoms with Crippen molar-refractivity contribution >= 4 is 17.5 Å². The van der Waals surface area contributed by atoms with Crippen LogP contribution in [0, 0.1) is 6.92 Å². The van der Waals surface area contributed by atoms with E-state index in [1.165, 1.54) is 5.75 Å². The zero-order valence-corrected chi connectivity index (χ0v) is 12.9. The molecule has 0 aromatic heterocycles. The standard InChI is InChI=1S/C16H23NOS/c1-13-5-4-6-14(11-13)15(18)7-8-17-9-10-19-16(2,3)12-17/h4-6,11H,7-10,12H2,1-3H3. The third kappa shape index (κ3) is 4.36. The first-order chi connectivity index (χ1) is 8.96. The van der Waals surface area contributed by atoms with Crippen LogP contribution < -0.4 is 0 Å². The molecule has 1 heterocycles. The molecule has 0 atom stereocenters. The SMILES string of the molecule is Cc1cccc(C(=O)CCN2CCSC(C)(C)C2)c1. The van der Waals surface area contributed by atoms with E-state index >= 15 is 0 Å². The van der Waals surface area contributed by atoms with Crippen LogP contribution in [0.5, 0.6) is 0 Å². The van der Waals surface area contributed by atoms with E-state index in [1.807, 2.05) is 43.0 Å². The van der Waals surface area contributed by atoms with Gasteiger partial charge in [0.2, 0.25) is 0 Å². The highest BCUT2D eigenvalue weighted by Crippen LogP contribution is 2.29. The molecule has 0 saturated carbocycles. The Labute approximate surface area is 120 Å². The second kappa shape index (κ2) is 6.10. The number of carbonyl (C=O) groups excluding carboxylic acids is 1. The van der Waals surface area contributed by atoms with Crippen molar-refractivity contribution in [2.45, 2.75) is 31.9 Å². The summed E-state index contributed by atoms with van der Waals surface area (Å²) in [5.74, 6) is 1.44. The lowest BCUT2D eigenvalue weighted by Gasteiger charge is -2.37. The number of thioether (sulfide) groups is 1. The van der Waals surface area contributed by atoms with Crippen LogP contribution in [0.15, 0.2) is 24.3 Å². The van der Waals surface area contributed by atoms with Gasteiger partial charge in [0.05, 0.1) is 0 Å². The molecule has 3 heteroatoms. The molecule has 19 heavy (non-hydrogen) atoms. The van der Waals surface area contributed by atoms with E-state index in [1.54, 1.807) is 0 Å². The molecule has 1 saturated heterocycles. The topological polar surface area (TPSA) is 20.3 Å². The van der Waals surface area contributed by atoms with E-state index in [9.17, 15) is 4.79 Å². The third-order valence-corrected chi connectivity index (χ3v) is 4.80. The monoisotopic (exact) mass is 277 g/mol. The first-order valence-electron chi connectivity index (χ1n) is 6.92. The summed E-state index contributed by atoms with van der Waals surface area (Å²) >= 11 is 2.03. The quantitative estimate of drug-likeness (QED) is 0.787. The summed E-state index contributed by atoms with van der Waals surface area (Å²) in [5.41, 5.74) is 2.01. The van der Waals surface area contributed by atoms with Crippen LogP contribution >= 0.6 is 11.8 Å². The fourth-order valence-corrected chi connectivity index (χ4v) is 3.70. The molecule has 1 aliphatic heterocycles. The fraction of sp³-hybridized carbons (Fsp3) is 0.562. The second-order valence-electron chi connectivity index (χ2n) is 5.93. The summed E-state index contributed by atoms with van der Waals surface area (Å²) in [5, 5.41) is 0. The van der Waals surface area contributed by atoms with Gasteiger partial charge in [0.15, 0.2) is 5.78 Å². The molecule has 0 unspecified atom stereocenters. The van der Waals surface area contributed by atoms with Crippen molar-refractivity contribution < 1.29 is 4.79 Å².